The molecule has 68 valence electrons. The second kappa shape index (κ2) is 3.46. The smallest absolute Gasteiger partial charge is 0.228 e. The van der Waals surface area contributed by atoms with E-state index in [2.05, 4.69) is 9.97 Å². The lowest BCUT2D eigenvalue weighted by Crippen LogP contribution is -2.14. The minimum Gasteiger partial charge on any atom is -0.382 e. The molecule has 0 saturated heterocycles. The van der Waals surface area contributed by atoms with Gasteiger partial charge < -0.3 is 10.6 Å². The van der Waals surface area contributed by atoms with Crippen LogP contribution in [0.3, 0.4) is 0 Å². The van der Waals surface area contributed by atoms with Gasteiger partial charge in [0.1, 0.15) is 17.5 Å². The first-order valence-corrected chi connectivity index (χ1v) is 3.84. The van der Waals surface area contributed by atoms with Crippen molar-refractivity contribution >= 4 is 23.4 Å². The Labute approximate surface area is 80.8 Å². The first kappa shape index (κ1) is 9.55. The Kier molecular flexibility index (Phi) is 2.54. The zero-order chi connectivity index (χ0) is 10.0. The standard InChI is InChI=1S/C7H8ClN5/c1-13(2)7-11-5(8)4(3-9)6(10)12-7/h1-2H3,(H2,10,11,12). The zero-order valence-electron chi connectivity index (χ0n) is 7.24. The van der Waals surface area contributed by atoms with Crippen molar-refractivity contribution in [1.29, 1.82) is 5.26 Å². The summed E-state index contributed by atoms with van der Waals surface area (Å²) in [5.74, 6) is 0.493. The van der Waals surface area contributed by atoms with E-state index in [1.807, 2.05) is 6.07 Å². The van der Waals surface area contributed by atoms with E-state index in [0.717, 1.165) is 0 Å². The van der Waals surface area contributed by atoms with Gasteiger partial charge in [-0.2, -0.15) is 15.2 Å². The number of halogens is 1. The van der Waals surface area contributed by atoms with Crippen molar-refractivity contribution in [2.24, 2.45) is 0 Å². The maximum atomic E-state index is 8.62. The Balaban J connectivity index is 3.30. The summed E-state index contributed by atoms with van der Waals surface area (Å²) in [6.45, 7) is 0. The Morgan fingerprint density at radius 3 is 2.46 bits per heavy atom. The normalized spacial score (nSPS) is 9.38. The van der Waals surface area contributed by atoms with Gasteiger partial charge in [0, 0.05) is 14.1 Å². The molecule has 0 amide bonds. The summed E-state index contributed by atoms with van der Waals surface area (Å²) in [4.78, 5) is 9.43. The zero-order valence-corrected chi connectivity index (χ0v) is 8.00. The van der Waals surface area contributed by atoms with Crippen LogP contribution in [-0.2, 0) is 0 Å². The van der Waals surface area contributed by atoms with Crippen LogP contribution in [0, 0.1) is 11.3 Å². The highest BCUT2D eigenvalue weighted by atomic mass is 35.5. The number of nitrogen functional groups attached to an aromatic ring is 1. The summed E-state index contributed by atoms with van der Waals surface area (Å²) >= 11 is 5.70. The Morgan fingerprint density at radius 2 is 2.08 bits per heavy atom. The number of hydrogen-bond acceptors (Lipinski definition) is 5. The average molecular weight is 198 g/mol. The molecule has 0 aliphatic rings. The van der Waals surface area contributed by atoms with Gasteiger partial charge in [-0.1, -0.05) is 11.6 Å². The second-order valence-electron chi connectivity index (χ2n) is 2.58. The minimum absolute atomic E-state index is 0.0821. The lowest BCUT2D eigenvalue weighted by Gasteiger charge is -2.10. The Hall–Kier alpha value is -1.54. The summed E-state index contributed by atoms with van der Waals surface area (Å²) in [6, 6.07) is 1.83. The van der Waals surface area contributed by atoms with E-state index in [-0.39, 0.29) is 16.5 Å². The third kappa shape index (κ3) is 1.79. The van der Waals surface area contributed by atoms with Gasteiger partial charge in [-0.3, -0.25) is 0 Å². The highest BCUT2D eigenvalue weighted by molar-refractivity contribution is 6.31. The molecule has 0 aromatic carbocycles. The molecule has 0 aliphatic heterocycles. The molecule has 0 atom stereocenters. The number of nitrogens with zero attached hydrogens (tertiary/aromatic N) is 4. The third-order valence-corrected chi connectivity index (χ3v) is 1.67. The van der Waals surface area contributed by atoms with E-state index in [9.17, 15) is 0 Å². The molecular weight excluding hydrogens is 190 g/mol. The molecule has 6 heteroatoms. The molecule has 2 N–H and O–H groups in total. The van der Waals surface area contributed by atoms with Crippen molar-refractivity contribution in [3.05, 3.63) is 10.7 Å². The molecule has 0 saturated carbocycles. The van der Waals surface area contributed by atoms with Crippen LogP contribution in [0.5, 0.6) is 0 Å². The SMILES string of the molecule is CN(C)c1nc(N)c(C#N)c(Cl)n1. The Bertz CT molecular complexity index is 345. The summed E-state index contributed by atoms with van der Waals surface area (Å²) in [6.07, 6.45) is 0. The molecule has 13 heavy (non-hydrogen) atoms. The molecule has 1 heterocycles. The topological polar surface area (TPSA) is 78.8 Å². The summed E-state index contributed by atoms with van der Waals surface area (Å²) in [7, 11) is 3.52. The average Bonchev–Trinajstić information content (AvgIpc) is 2.03. The molecule has 1 rings (SSSR count). The van der Waals surface area contributed by atoms with Gasteiger partial charge >= 0.3 is 0 Å². The van der Waals surface area contributed by atoms with Crippen molar-refractivity contribution in [3.8, 4) is 6.07 Å². The third-order valence-electron chi connectivity index (χ3n) is 1.39. The number of nitriles is 1. The predicted molar refractivity (Wildman–Crippen MR) is 50.5 cm³/mol. The lowest BCUT2D eigenvalue weighted by molar-refractivity contribution is 1.000. The first-order valence-electron chi connectivity index (χ1n) is 3.46. The fourth-order valence-corrected chi connectivity index (χ4v) is 0.956. The maximum absolute atomic E-state index is 8.62. The van der Waals surface area contributed by atoms with E-state index in [4.69, 9.17) is 22.6 Å². The van der Waals surface area contributed by atoms with Crippen molar-refractivity contribution in [1.82, 2.24) is 9.97 Å². The van der Waals surface area contributed by atoms with Gasteiger partial charge in [0.05, 0.1) is 0 Å². The van der Waals surface area contributed by atoms with Gasteiger partial charge in [0.25, 0.3) is 0 Å². The van der Waals surface area contributed by atoms with Crippen LogP contribution in [0.15, 0.2) is 0 Å². The number of hydrogen-bond donors (Lipinski definition) is 1. The molecule has 0 aliphatic carbocycles. The molecule has 0 bridgehead atoms. The first-order chi connectivity index (χ1) is 6.06. The fourth-order valence-electron chi connectivity index (χ4n) is 0.741. The van der Waals surface area contributed by atoms with E-state index < -0.39 is 0 Å². The molecule has 0 unspecified atom stereocenters. The van der Waals surface area contributed by atoms with Crippen LogP contribution >= 0.6 is 11.6 Å². The van der Waals surface area contributed by atoms with Crippen molar-refractivity contribution < 1.29 is 0 Å². The van der Waals surface area contributed by atoms with Crippen molar-refractivity contribution in [3.63, 3.8) is 0 Å². The molecule has 5 nitrogen and oxygen atoms in total. The predicted octanol–water partition coefficient (Wildman–Crippen LogP) is 0.650. The van der Waals surface area contributed by atoms with Crippen LogP contribution in [0.25, 0.3) is 0 Å². The quantitative estimate of drug-likeness (QED) is 0.669. The van der Waals surface area contributed by atoms with Gasteiger partial charge in [-0.05, 0) is 0 Å². The van der Waals surface area contributed by atoms with Gasteiger partial charge in [-0.15, -0.1) is 0 Å². The highest BCUT2D eigenvalue weighted by Gasteiger charge is 2.10. The number of nitrogens with two attached hydrogens (primary N) is 1. The number of rotatable bonds is 1. The molecule has 1 aromatic heterocycles. The lowest BCUT2D eigenvalue weighted by atomic mass is 10.3. The number of anilines is 2. The van der Waals surface area contributed by atoms with Crippen molar-refractivity contribution in [2.45, 2.75) is 0 Å². The van der Waals surface area contributed by atoms with Gasteiger partial charge in [-0.25, -0.2) is 0 Å². The summed E-state index contributed by atoms with van der Waals surface area (Å²) < 4.78 is 0. The van der Waals surface area contributed by atoms with Crippen LogP contribution in [0.2, 0.25) is 5.15 Å². The molecule has 0 radical (unpaired) electrons. The van der Waals surface area contributed by atoms with E-state index in [1.54, 1.807) is 19.0 Å². The van der Waals surface area contributed by atoms with E-state index in [1.165, 1.54) is 0 Å². The molecule has 0 spiro atoms. The Morgan fingerprint density at radius 1 is 1.46 bits per heavy atom. The largest absolute Gasteiger partial charge is 0.382 e. The highest BCUT2D eigenvalue weighted by Crippen LogP contribution is 2.19. The fraction of sp³-hybridized carbons (Fsp3) is 0.286. The molecule has 1 aromatic rings. The minimum atomic E-state index is 0.0821. The van der Waals surface area contributed by atoms with Crippen LogP contribution in [0.1, 0.15) is 5.56 Å². The second-order valence-corrected chi connectivity index (χ2v) is 2.94. The van der Waals surface area contributed by atoms with Crippen LogP contribution < -0.4 is 10.6 Å². The van der Waals surface area contributed by atoms with E-state index in [0.29, 0.717) is 5.95 Å². The maximum Gasteiger partial charge on any atom is 0.228 e. The monoisotopic (exact) mass is 197 g/mol. The van der Waals surface area contributed by atoms with Gasteiger partial charge in [0.15, 0.2) is 5.15 Å². The van der Waals surface area contributed by atoms with Crippen LogP contribution in [0.4, 0.5) is 11.8 Å². The summed E-state index contributed by atoms with van der Waals surface area (Å²) in [5, 5.41) is 8.70. The number of aromatic nitrogens is 2. The molecule has 0 fully saturated rings. The summed E-state index contributed by atoms with van der Waals surface area (Å²) in [5.41, 5.74) is 5.60. The van der Waals surface area contributed by atoms with Gasteiger partial charge in [0.2, 0.25) is 5.95 Å². The van der Waals surface area contributed by atoms with Crippen molar-refractivity contribution in [2.75, 3.05) is 24.7 Å². The molecular formula is C7H8ClN5. The van der Waals surface area contributed by atoms with E-state index >= 15 is 0 Å². The van der Waals surface area contributed by atoms with Crippen LogP contribution in [-0.4, -0.2) is 24.1 Å².